The van der Waals surface area contributed by atoms with E-state index in [0.717, 1.165) is 36.7 Å². The van der Waals surface area contributed by atoms with Crippen molar-refractivity contribution in [3.8, 4) is 0 Å². The Labute approximate surface area is 141 Å². The fourth-order valence-corrected chi connectivity index (χ4v) is 3.23. The Bertz CT molecular complexity index is 680. The van der Waals surface area contributed by atoms with Gasteiger partial charge in [0, 0.05) is 19.0 Å². The molecule has 1 saturated heterocycles. The highest BCUT2D eigenvalue weighted by atomic mass is 16.3. The molecular formula is C18H22N4O2. The summed E-state index contributed by atoms with van der Waals surface area (Å²) < 4.78 is 5.25. The molecule has 6 heteroatoms. The van der Waals surface area contributed by atoms with Gasteiger partial charge in [-0.1, -0.05) is 0 Å². The largest absolute Gasteiger partial charge is 0.467 e. The first-order valence-corrected chi connectivity index (χ1v) is 8.68. The molecule has 1 amide bonds. The molecule has 0 aromatic carbocycles. The third-order valence-corrected chi connectivity index (χ3v) is 4.80. The molecule has 24 heavy (non-hydrogen) atoms. The van der Waals surface area contributed by atoms with E-state index in [4.69, 9.17) is 4.42 Å². The van der Waals surface area contributed by atoms with Crippen LogP contribution in [0, 0.1) is 5.92 Å². The van der Waals surface area contributed by atoms with Gasteiger partial charge in [-0.3, -0.25) is 4.79 Å². The Balaban J connectivity index is 1.35. The number of rotatable bonds is 5. The number of carbonyl (C=O) groups is 1. The molecule has 1 atom stereocenters. The molecule has 0 bridgehead atoms. The first kappa shape index (κ1) is 15.2. The van der Waals surface area contributed by atoms with Gasteiger partial charge in [-0.05, 0) is 49.9 Å². The number of aromatic nitrogens is 2. The molecule has 2 fully saturated rings. The Morgan fingerprint density at radius 2 is 2.17 bits per heavy atom. The number of anilines is 1. The first-order valence-electron chi connectivity index (χ1n) is 8.68. The second kappa shape index (κ2) is 6.63. The van der Waals surface area contributed by atoms with E-state index in [1.54, 1.807) is 6.26 Å². The molecule has 0 radical (unpaired) electrons. The van der Waals surface area contributed by atoms with Crippen LogP contribution in [0.2, 0.25) is 0 Å². The summed E-state index contributed by atoms with van der Waals surface area (Å²) in [6, 6.07) is 7.82. The van der Waals surface area contributed by atoms with Crippen molar-refractivity contribution in [3.63, 3.8) is 0 Å². The average molecular weight is 326 g/mol. The molecule has 0 unspecified atom stereocenters. The summed E-state index contributed by atoms with van der Waals surface area (Å²) in [7, 11) is 0. The quantitative estimate of drug-likeness (QED) is 0.914. The van der Waals surface area contributed by atoms with Crippen LogP contribution in [-0.2, 0) is 11.3 Å². The van der Waals surface area contributed by atoms with Crippen molar-refractivity contribution >= 4 is 11.7 Å². The third-order valence-electron chi connectivity index (χ3n) is 4.80. The molecule has 1 aliphatic heterocycles. The number of amides is 1. The highest BCUT2D eigenvalue weighted by molar-refractivity contribution is 5.79. The zero-order chi connectivity index (χ0) is 16.4. The molecule has 6 nitrogen and oxygen atoms in total. The van der Waals surface area contributed by atoms with Gasteiger partial charge in [0.05, 0.1) is 24.4 Å². The zero-order valence-electron chi connectivity index (χ0n) is 13.6. The molecule has 0 spiro atoms. The van der Waals surface area contributed by atoms with Crippen LogP contribution in [0.15, 0.2) is 34.9 Å². The van der Waals surface area contributed by atoms with Crippen LogP contribution >= 0.6 is 0 Å². The molecule has 126 valence electrons. The predicted molar refractivity (Wildman–Crippen MR) is 89.5 cm³/mol. The van der Waals surface area contributed by atoms with Gasteiger partial charge in [0.25, 0.3) is 0 Å². The summed E-state index contributed by atoms with van der Waals surface area (Å²) in [4.78, 5) is 14.6. The van der Waals surface area contributed by atoms with Gasteiger partial charge in [-0.25, -0.2) is 0 Å². The van der Waals surface area contributed by atoms with Crippen LogP contribution in [0.4, 0.5) is 5.82 Å². The number of hydrogen-bond acceptors (Lipinski definition) is 5. The van der Waals surface area contributed by atoms with Gasteiger partial charge in [0.1, 0.15) is 5.76 Å². The van der Waals surface area contributed by atoms with Crippen molar-refractivity contribution in [1.29, 1.82) is 0 Å². The Kier molecular flexibility index (Phi) is 4.19. The summed E-state index contributed by atoms with van der Waals surface area (Å²) in [5, 5.41) is 11.7. The number of nitrogens with one attached hydrogen (secondary N) is 1. The molecule has 1 N–H and O–H groups in total. The van der Waals surface area contributed by atoms with E-state index in [2.05, 4.69) is 26.5 Å². The maximum absolute atomic E-state index is 12.4. The first-order chi connectivity index (χ1) is 11.8. The molecule has 4 rings (SSSR count). The molecule has 2 aliphatic rings. The lowest BCUT2D eigenvalue weighted by Crippen LogP contribution is -2.43. The van der Waals surface area contributed by atoms with Crippen molar-refractivity contribution in [1.82, 2.24) is 15.5 Å². The van der Waals surface area contributed by atoms with E-state index in [1.165, 1.54) is 12.8 Å². The van der Waals surface area contributed by atoms with Crippen LogP contribution in [-0.4, -0.2) is 29.2 Å². The fourth-order valence-electron chi connectivity index (χ4n) is 3.23. The van der Waals surface area contributed by atoms with E-state index < -0.39 is 0 Å². The van der Waals surface area contributed by atoms with Gasteiger partial charge in [-0.15, -0.1) is 5.10 Å². The second-order valence-corrected chi connectivity index (χ2v) is 6.67. The monoisotopic (exact) mass is 326 g/mol. The van der Waals surface area contributed by atoms with Crippen LogP contribution in [0.3, 0.4) is 0 Å². The Hall–Kier alpha value is -2.37. The van der Waals surface area contributed by atoms with Gasteiger partial charge in [-0.2, -0.15) is 5.10 Å². The maximum atomic E-state index is 12.4. The van der Waals surface area contributed by atoms with Crippen LogP contribution in [0.1, 0.15) is 43.1 Å². The Morgan fingerprint density at radius 3 is 2.88 bits per heavy atom. The molecule has 3 heterocycles. The van der Waals surface area contributed by atoms with Gasteiger partial charge in [0.15, 0.2) is 5.82 Å². The topological polar surface area (TPSA) is 71.3 Å². The third kappa shape index (κ3) is 3.42. The normalized spacial score (nSPS) is 20.8. The minimum Gasteiger partial charge on any atom is -0.467 e. The summed E-state index contributed by atoms with van der Waals surface area (Å²) in [6.45, 7) is 2.07. The number of nitrogens with zero attached hydrogens (tertiary/aromatic N) is 3. The minimum atomic E-state index is -0.0152. The van der Waals surface area contributed by atoms with Crippen molar-refractivity contribution in [2.75, 3.05) is 18.0 Å². The van der Waals surface area contributed by atoms with Crippen molar-refractivity contribution in [3.05, 3.63) is 42.0 Å². The van der Waals surface area contributed by atoms with E-state index >= 15 is 0 Å². The fraction of sp³-hybridized carbons (Fsp3) is 0.500. The number of furan rings is 1. The summed E-state index contributed by atoms with van der Waals surface area (Å²) in [5.41, 5.74) is 1.10. The number of piperidine rings is 1. The van der Waals surface area contributed by atoms with Gasteiger partial charge >= 0.3 is 0 Å². The molecular weight excluding hydrogens is 304 g/mol. The Morgan fingerprint density at radius 1 is 1.25 bits per heavy atom. The van der Waals surface area contributed by atoms with Crippen molar-refractivity contribution < 1.29 is 9.21 Å². The highest BCUT2D eigenvalue weighted by Crippen LogP contribution is 2.38. The molecule has 2 aromatic rings. The van der Waals surface area contributed by atoms with Crippen molar-refractivity contribution in [2.45, 2.75) is 38.1 Å². The lowest BCUT2D eigenvalue weighted by Gasteiger charge is -2.32. The van der Waals surface area contributed by atoms with Crippen LogP contribution < -0.4 is 10.2 Å². The highest BCUT2D eigenvalue weighted by Gasteiger charge is 2.28. The predicted octanol–water partition coefficient (Wildman–Crippen LogP) is 2.48. The second-order valence-electron chi connectivity index (χ2n) is 6.67. The number of carbonyl (C=O) groups excluding carboxylic acids is 1. The standard InChI is InChI=1S/C18H22N4O2/c23-18(19-11-15-4-2-10-24-15)14-3-1-9-22(12-14)17-8-7-16(20-21-17)13-5-6-13/h2,4,7-8,10,13-14H,1,3,5-6,9,11-12H2,(H,19,23)/t14-/m0/s1. The summed E-state index contributed by atoms with van der Waals surface area (Å²) in [6.07, 6.45) is 5.98. The number of hydrogen-bond donors (Lipinski definition) is 1. The zero-order valence-corrected chi connectivity index (χ0v) is 13.6. The molecule has 1 saturated carbocycles. The lowest BCUT2D eigenvalue weighted by atomic mass is 9.97. The van der Waals surface area contributed by atoms with Gasteiger partial charge in [0.2, 0.25) is 5.91 Å². The smallest absolute Gasteiger partial charge is 0.225 e. The maximum Gasteiger partial charge on any atom is 0.225 e. The van der Waals surface area contributed by atoms with E-state index in [-0.39, 0.29) is 11.8 Å². The average Bonchev–Trinajstić information content (AvgIpc) is 3.36. The summed E-state index contributed by atoms with van der Waals surface area (Å²) >= 11 is 0. The minimum absolute atomic E-state index is 0.0152. The van der Waals surface area contributed by atoms with Crippen molar-refractivity contribution in [2.24, 2.45) is 5.92 Å². The summed E-state index contributed by atoms with van der Waals surface area (Å²) in [5.74, 6) is 2.34. The van der Waals surface area contributed by atoms with E-state index in [9.17, 15) is 4.79 Å². The van der Waals surface area contributed by atoms with E-state index in [1.807, 2.05) is 18.2 Å². The lowest BCUT2D eigenvalue weighted by molar-refractivity contribution is -0.125. The van der Waals surface area contributed by atoms with E-state index in [0.29, 0.717) is 19.0 Å². The molecule has 2 aromatic heterocycles. The van der Waals surface area contributed by atoms with Crippen LogP contribution in [0.5, 0.6) is 0 Å². The molecule has 1 aliphatic carbocycles. The van der Waals surface area contributed by atoms with Crippen LogP contribution in [0.25, 0.3) is 0 Å². The van der Waals surface area contributed by atoms with Gasteiger partial charge < -0.3 is 14.6 Å². The SMILES string of the molecule is O=C(NCc1ccco1)[C@H]1CCCN(c2ccc(C3CC3)nn2)C1.